The molecule has 0 aliphatic rings. The highest BCUT2D eigenvalue weighted by atomic mass is 16.5. The number of ketones is 1. The molecule has 0 aliphatic carbocycles. The number of nitrogens with two attached hydrogens (primary N) is 1. The maximum Gasteiger partial charge on any atom is 0.220 e. The molecule has 0 fully saturated rings. The average molecular weight is 528 g/mol. The Bertz CT molecular complexity index is 998. The maximum atomic E-state index is 12.7. The number of benzene rings is 2. The van der Waals surface area contributed by atoms with E-state index in [0.717, 1.165) is 37.9 Å². The second-order valence-corrected chi connectivity index (χ2v) is 8.58. The molecular weight excluding hydrogens is 486 g/mol. The number of methoxy groups -OCH3 is 3. The van der Waals surface area contributed by atoms with Gasteiger partial charge in [0.05, 0.1) is 27.9 Å². The first kappa shape index (κ1) is 30.7. The minimum Gasteiger partial charge on any atom is -0.494 e. The van der Waals surface area contributed by atoms with Crippen molar-refractivity contribution in [2.75, 3.05) is 54.1 Å². The summed E-state index contributed by atoms with van der Waals surface area (Å²) < 4.78 is 21.7. The molecule has 2 aromatic rings. The summed E-state index contributed by atoms with van der Waals surface area (Å²) in [6, 6.07) is 10.7. The van der Waals surface area contributed by atoms with Crippen LogP contribution < -0.4 is 35.3 Å². The van der Waals surface area contributed by atoms with Gasteiger partial charge >= 0.3 is 0 Å². The number of ether oxygens (including phenoxy) is 4. The highest BCUT2D eigenvalue weighted by Crippen LogP contribution is 2.38. The number of amides is 1. The molecule has 1 amide bonds. The van der Waals surface area contributed by atoms with Crippen molar-refractivity contribution in [3.05, 3.63) is 53.6 Å². The van der Waals surface area contributed by atoms with E-state index in [0.29, 0.717) is 61.1 Å². The zero-order valence-electron chi connectivity index (χ0n) is 22.7. The molecule has 4 N–H and O–H groups in total. The average Bonchev–Trinajstić information content (AvgIpc) is 2.95. The molecule has 0 aliphatic heterocycles. The van der Waals surface area contributed by atoms with Crippen LogP contribution >= 0.6 is 0 Å². The summed E-state index contributed by atoms with van der Waals surface area (Å²) in [4.78, 5) is 24.6. The van der Waals surface area contributed by atoms with Crippen molar-refractivity contribution in [2.24, 2.45) is 5.73 Å². The van der Waals surface area contributed by atoms with Crippen LogP contribution in [-0.2, 0) is 4.79 Å². The topological polar surface area (TPSA) is 121 Å². The van der Waals surface area contributed by atoms with Crippen LogP contribution in [0.15, 0.2) is 42.5 Å². The van der Waals surface area contributed by atoms with Gasteiger partial charge in [-0.05, 0) is 81.2 Å². The molecule has 0 heterocycles. The SMILES string of the molecule is COc1cc(C(=O)/C=C/c2ccc(OCCCC(=O)NCCCCNCCCN)cc2)cc(OC)c1OC. The molecule has 0 saturated carbocycles. The molecule has 0 aromatic heterocycles. The fourth-order valence-electron chi connectivity index (χ4n) is 3.63. The number of rotatable bonds is 19. The van der Waals surface area contributed by atoms with Crippen LogP contribution in [0.5, 0.6) is 23.0 Å². The summed E-state index contributed by atoms with van der Waals surface area (Å²) in [6.45, 7) is 3.74. The third kappa shape index (κ3) is 10.8. The number of allylic oxidation sites excluding steroid dienone is 1. The Morgan fingerprint density at radius 3 is 2.16 bits per heavy atom. The molecule has 0 radical (unpaired) electrons. The van der Waals surface area contributed by atoms with Crippen molar-refractivity contribution in [3.8, 4) is 23.0 Å². The van der Waals surface area contributed by atoms with E-state index < -0.39 is 0 Å². The fourth-order valence-corrected chi connectivity index (χ4v) is 3.63. The van der Waals surface area contributed by atoms with E-state index in [1.807, 2.05) is 24.3 Å². The van der Waals surface area contributed by atoms with E-state index in [1.165, 1.54) is 27.4 Å². The minimum atomic E-state index is -0.193. The Balaban J connectivity index is 1.71. The fraction of sp³-hybridized carbons (Fsp3) is 0.448. The van der Waals surface area contributed by atoms with Crippen LogP contribution in [0, 0.1) is 0 Å². The van der Waals surface area contributed by atoms with Gasteiger partial charge in [0.2, 0.25) is 11.7 Å². The summed E-state index contributed by atoms with van der Waals surface area (Å²) >= 11 is 0. The lowest BCUT2D eigenvalue weighted by atomic mass is 10.1. The largest absolute Gasteiger partial charge is 0.494 e. The quantitative estimate of drug-likeness (QED) is 0.144. The van der Waals surface area contributed by atoms with Gasteiger partial charge < -0.3 is 35.3 Å². The van der Waals surface area contributed by atoms with Gasteiger partial charge in [-0.2, -0.15) is 0 Å². The normalized spacial score (nSPS) is 10.8. The van der Waals surface area contributed by atoms with Crippen molar-refractivity contribution in [1.29, 1.82) is 0 Å². The van der Waals surface area contributed by atoms with Crippen molar-refractivity contribution in [3.63, 3.8) is 0 Å². The van der Waals surface area contributed by atoms with Gasteiger partial charge in [0, 0.05) is 18.5 Å². The van der Waals surface area contributed by atoms with Gasteiger partial charge in [0.15, 0.2) is 17.3 Å². The van der Waals surface area contributed by atoms with Crippen LogP contribution in [0.1, 0.15) is 48.0 Å². The number of carbonyl (C=O) groups excluding carboxylic acids is 2. The van der Waals surface area contributed by atoms with Crippen molar-refractivity contribution >= 4 is 17.8 Å². The zero-order valence-corrected chi connectivity index (χ0v) is 22.7. The highest BCUT2D eigenvalue weighted by Gasteiger charge is 2.15. The molecule has 2 rings (SSSR count). The maximum absolute atomic E-state index is 12.7. The molecule has 0 spiro atoms. The number of unbranched alkanes of at least 4 members (excludes halogenated alkanes) is 1. The lowest BCUT2D eigenvalue weighted by Crippen LogP contribution is -2.26. The predicted octanol–water partition coefficient (Wildman–Crippen LogP) is 3.60. The second-order valence-electron chi connectivity index (χ2n) is 8.58. The third-order valence-corrected chi connectivity index (χ3v) is 5.73. The summed E-state index contributed by atoms with van der Waals surface area (Å²) in [7, 11) is 4.53. The van der Waals surface area contributed by atoms with Crippen LogP contribution in [0.4, 0.5) is 0 Å². The Kier molecular flexibility index (Phi) is 14.4. The molecule has 9 heteroatoms. The monoisotopic (exact) mass is 527 g/mol. The van der Waals surface area contributed by atoms with E-state index in [-0.39, 0.29) is 11.7 Å². The van der Waals surface area contributed by atoms with E-state index in [2.05, 4.69) is 10.6 Å². The van der Waals surface area contributed by atoms with Gasteiger partial charge in [0.25, 0.3) is 0 Å². The Labute approximate surface area is 225 Å². The van der Waals surface area contributed by atoms with Gasteiger partial charge in [-0.15, -0.1) is 0 Å². The summed E-state index contributed by atoms with van der Waals surface area (Å²) in [5.41, 5.74) is 6.73. The number of hydrogen-bond acceptors (Lipinski definition) is 8. The number of carbonyl (C=O) groups is 2. The zero-order chi connectivity index (χ0) is 27.6. The summed E-state index contributed by atoms with van der Waals surface area (Å²) in [5.74, 6) is 1.84. The molecular formula is C29H41N3O6. The van der Waals surface area contributed by atoms with Crippen LogP contribution in [-0.4, -0.2) is 65.8 Å². The van der Waals surface area contributed by atoms with E-state index in [4.69, 9.17) is 24.7 Å². The second kappa shape index (κ2) is 17.8. The van der Waals surface area contributed by atoms with E-state index >= 15 is 0 Å². The van der Waals surface area contributed by atoms with Crippen molar-refractivity contribution in [1.82, 2.24) is 10.6 Å². The van der Waals surface area contributed by atoms with Crippen molar-refractivity contribution in [2.45, 2.75) is 32.1 Å². The smallest absolute Gasteiger partial charge is 0.220 e. The van der Waals surface area contributed by atoms with E-state index in [1.54, 1.807) is 18.2 Å². The Morgan fingerprint density at radius 1 is 0.868 bits per heavy atom. The lowest BCUT2D eigenvalue weighted by molar-refractivity contribution is -0.121. The van der Waals surface area contributed by atoms with Crippen LogP contribution in [0.2, 0.25) is 0 Å². The highest BCUT2D eigenvalue weighted by molar-refractivity contribution is 6.07. The minimum absolute atomic E-state index is 0.0435. The molecule has 0 atom stereocenters. The first-order valence-electron chi connectivity index (χ1n) is 12.9. The van der Waals surface area contributed by atoms with Crippen LogP contribution in [0.25, 0.3) is 6.08 Å². The number of nitrogens with one attached hydrogen (secondary N) is 2. The first-order chi connectivity index (χ1) is 18.5. The van der Waals surface area contributed by atoms with Gasteiger partial charge in [-0.1, -0.05) is 18.2 Å². The Morgan fingerprint density at radius 2 is 1.53 bits per heavy atom. The third-order valence-electron chi connectivity index (χ3n) is 5.73. The summed E-state index contributed by atoms with van der Waals surface area (Å²) in [5, 5.41) is 6.27. The molecule has 2 aromatic carbocycles. The number of hydrogen-bond donors (Lipinski definition) is 3. The molecule has 0 unspecified atom stereocenters. The molecule has 0 saturated heterocycles. The molecule has 9 nitrogen and oxygen atoms in total. The first-order valence-corrected chi connectivity index (χ1v) is 12.9. The van der Waals surface area contributed by atoms with Crippen molar-refractivity contribution < 1.29 is 28.5 Å². The standard InChI is InChI=1S/C29H41N3O6/c1-35-26-20-23(21-27(36-2)29(26)37-3)25(33)14-11-22-9-12-24(13-10-22)38-19-6-8-28(34)32-18-5-4-16-31-17-7-15-30/h9-14,20-21,31H,4-8,15-19,30H2,1-3H3,(H,32,34)/b14-11+. The lowest BCUT2D eigenvalue weighted by Gasteiger charge is -2.13. The molecule has 0 bridgehead atoms. The Hall–Kier alpha value is -3.56. The van der Waals surface area contributed by atoms with Gasteiger partial charge in [-0.3, -0.25) is 9.59 Å². The summed E-state index contributed by atoms with van der Waals surface area (Å²) in [6.07, 6.45) is 7.25. The van der Waals surface area contributed by atoms with E-state index in [9.17, 15) is 9.59 Å². The van der Waals surface area contributed by atoms with Gasteiger partial charge in [0.1, 0.15) is 5.75 Å². The molecule has 208 valence electrons. The predicted molar refractivity (Wildman–Crippen MR) is 149 cm³/mol. The van der Waals surface area contributed by atoms with Crippen LogP contribution in [0.3, 0.4) is 0 Å². The van der Waals surface area contributed by atoms with Gasteiger partial charge in [-0.25, -0.2) is 0 Å². The molecule has 38 heavy (non-hydrogen) atoms.